The van der Waals surface area contributed by atoms with Gasteiger partial charge >= 0.3 is 0 Å². The number of hydrogen-bond donors (Lipinski definition) is 0. The van der Waals surface area contributed by atoms with Crippen LogP contribution >= 0.6 is 0 Å². The Bertz CT molecular complexity index is 3760. The molecular formula is C56H35NO2. The number of nitrogens with zero attached hydrogens (tertiary/aromatic N) is 1. The first kappa shape index (κ1) is 29.4. The Kier molecular flexibility index (Phi) is 6.65. The number of benzene rings is 10. The Hall–Kier alpha value is -7.88. The first-order valence-electron chi connectivity index (χ1n) is 21.8. The van der Waals surface area contributed by atoms with E-state index in [1.165, 1.54) is 16.3 Å². The summed E-state index contributed by atoms with van der Waals surface area (Å²) in [4.78, 5) is 1.86. The fourth-order valence-corrected chi connectivity index (χ4v) is 8.77. The van der Waals surface area contributed by atoms with E-state index in [1.807, 2.05) is 102 Å². The second-order valence-electron chi connectivity index (χ2n) is 14.9. The van der Waals surface area contributed by atoms with Crippen LogP contribution in [0.15, 0.2) is 221 Å². The first-order chi connectivity index (χ1) is 30.9. The second-order valence-corrected chi connectivity index (χ2v) is 14.9. The van der Waals surface area contributed by atoms with Crippen molar-refractivity contribution in [3.63, 3.8) is 0 Å². The van der Waals surface area contributed by atoms with Gasteiger partial charge in [0.15, 0.2) is 0 Å². The predicted molar refractivity (Wildman–Crippen MR) is 247 cm³/mol. The molecule has 59 heavy (non-hydrogen) atoms. The summed E-state index contributed by atoms with van der Waals surface area (Å²) in [5.41, 5.74) is 9.33. The predicted octanol–water partition coefficient (Wildman–Crippen LogP) is 16.3. The van der Waals surface area contributed by atoms with Gasteiger partial charge in [0.2, 0.25) is 0 Å². The SMILES string of the molecule is [2H]c1c([2H])c(N(c2ccc(-c3ccc(-c4cccc5ccccc45)cc3)cc2)c2cccc3oc4c5ccccc5ccc4c23)c([2H])c([2H])c1-c1cccc2oc3ccccc3c12. The summed E-state index contributed by atoms with van der Waals surface area (Å²) < 4.78 is 51.6. The van der Waals surface area contributed by atoms with Crippen molar-refractivity contribution >= 4 is 82.5 Å². The van der Waals surface area contributed by atoms with Crippen LogP contribution in [0.3, 0.4) is 0 Å². The van der Waals surface area contributed by atoms with E-state index < -0.39 is 0 Å². The molecular weight excluding hydrogens is 719 g/mol. The van der Waals surface area contributed by atoms with Crippen molar-refractivity contribution < 1.29 is 14.3 Å². The maximum absolute atomic E-state index is 9.77. The highest BCUT2D eigenvalue weighted by molar-refractivity contribution is 6.19. The van der Waals surface area contributed by atoms with E-state index in [4.69, 9.17) is 8.83 Å². The minimum atomic E-state index is -0.167. The summed E-state index contributed by atoms with van der Waals surface area (Å²) in [6.07, 6.45) is 0. The fourth-order valence-electron chi connectivity index (χ4n) is 8.77. The third kappa shape index (κ3) is 5.44. The molecule has 276 valence electrons. The highest BCUT2D eigenvalue weighted by atomic mass is 16.3. The molecule has 0 bridgehead atoms. The number of anilines is 3. The summed E-state index contributed by atoms with van der Waals surface area (Å²) in [7, 11) is 0. The van der Waals surface area contributed by atoms with E-state index in [9.17, 15) is 5.48 Å². The molecule has 3 heteroatoms. The first-order valence-corrected chi connectivity index (χ1v) is 19.8. The van der Waals surface area contributed by atoms with Crippen LogP contribution in [0.25, 0.3) is 98.8 Å². The number of rotatable bonds is 6. The molecule has 0 saturated heterocycles. The smallest absolute Gasteiger partial charge is 0.143 e. The summed E-state index contributed by atoms with van der Waals surface area (Å²) in [5, 5.41) is 7.74. The van der Waals surface area contributed by atoms with Crippen molar-refractivity contribution in [2.24, 2.45) is 0 Å². The lowest BCUT2D eigenvalue weighted by atomic mass is 9.96. The highest BCUT2D eigenvalue weighted by Gasteiger charge is 2.21. The van der Waals surface area contributed by atoms with Crippen molar-refractivity contribution in [2.45, 2.75) is 0 Å². The van der Waals surface area contributed by atoms with E-state index in [0.717, 1.165) is 54.6 Å². The summed E-state index contributed by atoms with van der Waals surface area (Å²) in [6, 6.07) is 62.2. The summed E-state index contributed by atoms with van der Waals surface area (Å²) in [5.74, 6) is 0. The average Bonchev–Trinajstić information content (AvgIpc) is 3.92. The van der Waals surface area contributed by atoms with Crippen LogP contribution in [0.4, 0.5) is 17.1 Å². The Morgan fingerprint density at radius 2 is 0.915 bits per heavy atom. The van der Waals surface area contributed by atoms with Gasteiger partial charge in [-0.3, -0.25) is 0 Å². The molecule has 0 radical (unpaired) electrons. The van der Waals surface area contributed by atoms with E-state index in [2.05, 4.69) is 91.0 Å². The molecule has 0 aliphatic rings. The topological polar surface area (TPSA) is 29.5 Å². The van der Waals surface area contributed by atoms with Gasteiger partial charge in [-0.05, 0) is 104 Å². The maximum atomic E-state index is 9.77. The third-order valence-corrected chi connectivity index (χ3v) is 11.6. The number of para-hydroxylation sites is 1. The minimum Gasteiger partial charge on any atom is -0.456 e. The number of furan rings is 2. The molecule has 3 nitrogen and oxygen atoms in total. The maximum Gasteiger partial charge on any atom is 0.143 e. The molecule has 12 aromatic rings. The molecule has 10 aromatic carbocycles. The lowest BCUT2D eigenvalue weighted by molar-refractivity contribution is 0.669. The van der Waals surface area contributed by atoms with Crippen LogP contribution in [-0.4, -0.2) is 0 Å². The van der Waals surface area contributed by atoms with Gasteiger partial charge < -0.3 is 13.7 Å². The van der Waals surface area contributed by atoms with Crippen molar-refractivity contribution in [3.05, 3.63) is 212 Å². The Morgan fingerprint density at radius 3 is 1.71 bits per heavy atom. The molecule has 0 saturated carbocycles. The largest absolute Gasteiger partial charge is 0.456 e. The molecule has 0 amide bonds. The van der Waals surface area contributed by atoms with Gasteiger partial charge in [0.1, 0.15) is 22.3 Å². The normalized spacial score (nSPS) is 12.7. The zero-order valence-corrected chi connectivity index (χ0v) is 31.7. The van der Waals surface area contributed by atoms with Crippen LogP contribution in [0.2, 0.25) is 0 Å². The summed E-state index contributed by atoms with van der Waals surface area (Å²) in [6.45, 7) is 0. The van der Waals surface area contributed by atoms with Crippen LogP contribution < -0.4 is 4.90 Å². The van der Waals surface area contributed by atoms with Crippen LogP contribution in [-0.2, 0) is 0 Å². The van der Waals surface area contributed by atoms with E-state index in [-0.39, 0.29) is 35.4 Å². The minimum absolute atomic E-state index is 0.132. The van der Waals surface area contributed by atoms with Gasteiger partial charge in [-0.2, -0.15) is 0 Å². The third-order valence-electron chi connectivity index (χ3n) is 11.6. The monoisotopic (exact) mass is 757 g/mol. The van der Waals surface area contributed by atoms with E-state index >= 15 is 0 Å². The number of fused-ring (bicyclic) bond motifs is 9. The molecule has 2 aromatic heterocycles. The standard InChI is InChI=1S/C56H35NO2/c1-3-13-44-38(10-1)12-7-16-45(44)40-24-22-36(23-25-40)37-26-31-42(32-27-37)57(50-18-9-21-53-55(50)49-35-30-39-11-2-4-14-47(39)56(49)59-53)43-33-28-41(29-34-43)46-17-8-20-52-54(46)48-15-5-6-19-51(48)58-52/h1-35H/i28D,29D,33D,34D. The molecule has 0 N–H and O–H groups in total. The lowest BCUT2D eigenvalue weighted by Crippen LogP contribution is -2.10. The van der Waals surface area contributed by atoms with E-state index in [1.54, 1.807) is 0 Å². The van der Waals surface area contributed by atoms with Gasteiger partial charge in [-0.15, -0.1) is 0 Å². The van der Waals surface area contributed by atoms with Crippen LogP contribution in [0.1, 0.15) is 5.48 Å². The molecule has 0 fully saturated rings. The molecule has 0 aliphatic heterocycles. The lowest BCUT2D eigenvalue weighted by Gasteiger charge is -2.26. The number of hydrogen-bond acceptors (Lipinski definition) is 3. The Balaban J connectivity index is 1.04. The van der Waals surface area contributed by atoms with Crippen molar-refractivity contribution in [2.75, 3.05) is 4.90 Å². The molecule has 2 heterocycles. The molecule has 12 rings (SSSR count). The molecule has 0 atom stereocenters. The van der Waals surface area contributed by atoms with Gasteiger partial charge in [0, 0.05) is 32.9 Å². The van der Waals surface area contributed by atoms with Gasteiger partial charge in [0.25, 0.3) is 0 Å². The zero-order valence-electron chi connectivity index (χ0n) is 35.7. The van der Waals surface area contributed by atoms with Crippen LogP contribution in [0.5, 0.6) is 0 Å². The second kappa shape index (κ2) is 13.4. The summed E-state index contributed by atoms with van der Waals surface area (Å²) >= 11 is 0. The highest BCUT2D eigenvalue weighted by Crippen LogP contribution is 2.45. The van der Waals surface area contributed by atoms with Crippen molar-refractivity contribution in [3.8, 4) is 33.4 Å². The van der Waals surface area contributed by atoms with Crippen LogP contribution in [0, 0.1) is 0 Å². The molecule has 0 spiro atoms. The van der Waals surface area contributed by atoms with Crippen molar-refractivity contribution in [1.82, 2.24) is 0 Å². The van der Waals surface area contributed by atoms with Gasteiger partial charge in [-0.1, -0.05) is 158 Å². The zero-order chi connectivity index (χ0) is 42.3. The van der Waals surface area contributed by atoms with E-state index in [0.29, 0.717) is 33.7 Å². The average molecular weight is 758 g/mol. The Morgan fingerprint density at radius 1 is 0.339 bits per heavy atom. The van der Waals surface area contributed by atoms with Crippen molar-refractivity contribution in [1.29, 1.82) is 0 Å². The fraction of sp³-hybridized carbons (Fsp3) is 0. The van der Waals surface area contributed by atoms with Gasteiger partial charge in [0.05, 0.1) is 16.6 Å². The Labute approximate surface area is 346 Å². The molecule has 0 aliphatic carbocycles. The van der Waals surface area contributed by atoms with Gasteiger partial charge in [-0.25, -0.2) is 0 Å². The quantitative estimate of drug-likeness (QED) is 0.169. The molecule has 0 unspecified atom stereocenters.